The lowest BCUT2D eigenvalue weighted by Crippen LogP contribution is -2.71. The summed E-state index contributed by atoms with van der Waals surface area (Å²) < 4.78 is 4.94. The second-order valence-corrected chi connectivity index (χ2v) is 8.43. The van der Waals surface area contributed by atoms with Crippen molar-refractivity contribution in [1.29, 1.82) is 0 Å². The van der Waals surface area contributed by atoms with Crippen molar-refractivity contribution >= 4 is 29.5 Å². The highest BCUT2D eigenvalue weighted by molar-refractivity contribution is 8.01. The van der Waals surface area contributed by atoms with E-state index in [-0.39, 0.29) is 11.3 Å². The van der Waals surface area contributed by atoms with Gasteiger partial charge < -0.3 is 20.1 Å². The van der Waals surface area contributed by atoms with E-state index in [9.17, 15) is 19.5 Å². The van der Waals surface area contributed by atoms with E-state index in [0.717, 1.165) is 0 Å². The van der Waals surface area contributed by atoms with Crippen LogP contribution in [0.4, 0.5) is 0 Å². The smallest absolute Gasteiger partial charge is 0.327 e. The van der Waals surface area contributed by atoms with Crippen LogP contribution in [0.1, 0.15) is 20.8 Å². The summed E-state index contributed by atoms with van der Waals surface area (Å²) >= 11 is 1.39. The molecule has 2 N–H and O–H groups in total. The van der Waals surface area contributed by atoms with Crippen molar-refractivity contribution in [2.45, 2.75) is 49.1 Å². The molecule has 2 aliphatic heterocycles. The molecule has 2 amide bonds. The SMILES string of the molecule is C[C@H](Oc1ccccc1)C(=O)N[C@@H]1C(=O)N2[C@@H]1SC(C)(C)[C@@H]2C(=O)O. The Kier molecular flexibility index (Phi) is 4.40. The molecule has 8 heteroatoms. The molecule has 2 saturated heterocycles. The lowest BCUT2D eigenvalue weighted by Gasteiger charge is -2.43. The molecule has 4 atom stereocenters. The van der Waals surface area contributed by atoms with Crippen molar-refractivity contribution < 1.29 is 24.2 Å². The van der Waals surface area contributed by atoms with Crippen molar-refractivity contribution in [3.05, 3.63) is 30.3 Å². The molecule has 2 fully saturated rings. The van der Waals surface area contributed by atoms with Gasteiger partial charge in [0, 0.05) is 4.75 Å². The summed E-state index contributed by atoms with van der Waals surface area (Å²) in [6.07, 6.45) is -0.765. The number of hydrogen-bond donors (Lipinski definition) is 2. The highest BCUT2D eigenvalue weighted by Gasteiger charge is 2.64. The van der Waals surface area contributed by atoms with Crippen LogP contribution in [0.3, 0.4) is 0 Å². The minimum Gasteiger partial charge on any atom is -0.481 e. The van der Waals surface area contributed by atoms with E-state index in [0.29, 0.717) is 5.75 Å². The molecule has 3 rings (SSSR count). The van der Waals surface area contributed by atoms with Crippen LogP contribution in [0.5, 0.6) is 5.75 Å². The first-order valence-corrected chi connectivity index (χ1v) is 8.85. The Morgan fingerprint density at radius 3 is 2.56 bits per heavy atom. The number of nitrogens with zero attached hydrogens (tertiary/aromatic N) is 1. The molecule has 134 valence electrons. The number of β-lactam (4-membered cyclic amide) rings is 1. The predicted molar refractivity (Wildman–Crippen MR) is 92.2 cm³/mol. The summed E-state index contributed by atoms with van der Waals surface area (Å²) in [5, 5.41) is 11.7. The van der Waals surface area contributed by atoms with E-state index in [1.54, 1.807) is 45.0 Å². The highest BCUT2D eigenvalue weighted by atomic mass is 32.2. The zero-order valence-corrected chi connectivity index (χ0v) is 14.9. The number of hydrogen-bond acceptors (Lipinski definition) is 5. The van der Waals surface area contributed by atoms with E-state index in [2.05, 4.69) is 5.32 Å². The van der Waals surface area contributed by atoms with Crippen molar-refractivity contribution in [3.8, 4) is 5.75 Å². The first-order valence-electron chi connectivity index (χ1n) is 7.97. The number of amides is 2. The second-order valence-electron chi connectivity index (χ2n) is 6.66. The third-order valence-electron chi connectivity index (χ3n) is 4.40. The number of nitrogens with one attached hydrogen (secondary N) is 1. The summed E-state index contributed by atoms with van der Waals surface area (Å²) in [7, 11) is 0. The number of thioether (sulfide) groups is 1. The summed E-state index contributed by atoms with van der Waals surface area (Å²) in [5.74, 6) is -1.23. The van der Waals surface area contributed by atoms with E-state index in [4.69, 9.17) is 4.74 Å². The second kappa shape index (κ2) is 6.25. The highest BCUT2D eigenvalue weighted by Crippen LogP contribution is 2.50. The number of carbonyl (C=O) groups excluding carboxylic acids is 2. The number of carbonyl (C=O) groups is 3. The third-order valence-corrected chi connectivity index (χ3v) is 5.97. The van der Waals surface area contributed by atoms with Gasteiger partial charge in [-0.2, -0.15) is 0 Å². The van der Waals surface area contributed by atoms with Crippen LogP contribution in [-0.4, -0.2) is 56.1 Å². The molecule has 1 aromatic carbocycles. The van der Waals surface area contributed by atoms with Crippen LogP contribution in [0.25, 0.3) is 0 Å². The Morgan fingerprint density at radius 1 is 1.32 bits per heavy atom. The summed E-state index contributed by atoms with van der Waals surface area (Å²) in [6, 6.07) is 7.33. The number of para-hydroxylation sites is 1. The minimum absolute atomic E-state index is 0.364. The van der Waals surface area contributed by atoms with Gasteiger partial charge in [0.2, 0.25) is 5.91 Å². The van der Waals surface area contributed by atoms with Crippen LogP contribution in [0.15, 0.2) is 30.3 Å². The standard InChI is InChI=1S/C17H20N2O5S/c1-9(24-10-7-5-4-6-8-10)13(20)18-11-14(21)19-12(16(22)23)17(2,3)25-15(11)19/h4-9,11-12,15H,1-3H3,(H,18,20)(H,22,23)/t9-,11+,12-,15+/m0/s1. The molecule has 2 aliphatic rings. The number of aliphatic carboxylic acids is 1. The van der Waals surface area contributed by atoms with Crippen molar-refractivity contribution in [1.82, 2.24) is 10.2 Å². The monoisotopic (exact) mass is 364 g/mol. The molecule has 25 heavy (non-hydrogen) atoms. The van der Waals surface area contributed by atoms with Gasteiger partial charge in [0.25, 0.3) is 5.91 Å². The van der Waals surface area contributed by atoms with Gasteiger partial charge in [0.1, 0.15) is 23.2 Å². The molecule has 7 nitrogen and oxygen atoms in total. The van der Waals surface area contributed by atoms with Crippen molar-refractivity contribution in [2.75, 3.05) is 0 Å². The van der Waals surface area contributed by atoms with Crippen LogP contribution in [0.2, 0.25) is 0 Å². The fourth-order valence-corrected chi connectivity index (χ4v) is 4.80. The molecule has 0 bridgehead atoms. The summed E-state index contributed by atoms with van der Waals surface area (Å²) in [6.45, 7) is 5.19. The first kappa shape index (κ1) is 17.6. The van der Waals surface area contributed by atoms with Gasteiger partial charge in [-0.15, -0.1) is 11.8 Å². The van der Waals surface area contributed by atoms with Crippen molar-refractivity contribution in [2.24, 2.45) is 0 Å². The van der Waals surface area contributed by atoms with Gasteiger partial charge in [0.15, 0.2) is 6.10 Å². The largest absolute Gasteiger partial charge is 0.481 e. The lowest BCUT2D eigenvalue weighted by atomic mass is 9.96. The van der Waals surface area contributed by atoms with Crippen LogP contribution < -0.4 is 10.1 Å². The average Bonchev–Trinajstić information content (AvgIpc) is 2.81. The Morgan fingerprint density at radius 2 is 1.96 bits per heavy atom. The van der Waals surface area contributed by atoms with Gasteiger partial charge in [-0.25, -0.2) is 4.79 Å². The maximum absolute atomic E-state index is 12.4. The number of benzene rings is 1. The van der Waals surface area contributed by atoms with Crippen molar-refractivity contribution in [3.63, 3.8) is 0 Å². The Labute approximate surface area is 149 Å². The zero-order valence-electron chi connectivity index (χ0n) is 14.1. The summed E-state index contributed by atoms with van der Waals surface area (Å²) in [5.41, 5.74) is 0. The zero-order chi connectivity index (χ0) is 18.4. The van der Waals surface area contributed by atoms with E-state index < -0.39 is 34.8 Å². The molecule has 1 aromatic rings. The Hall–Kier alpha value is -2.22. The molecule has 2 heterocycles. The molecule has 0 aromatic heterocycles. The van der Waals surface area contributed by atoms with Crippen LogP contribution >= 0.6 is 11.8 Å². The normalized spacial score (nSPS) is 27.9. The maximum Gasteiger partial charge on any atom is 0.327 e. The molecular formula is C17H20N2O5S. The third kappa shape index (κ3) is 3.06. The fraction of sp³-hybridized carbons (Fsp3) is 0.471. The molecule has 0 radical (unpaired) electrons. The van der Waals surface area contributed by atoms with E-state index in [1.807, 2.05) is 6.07 Å². The Bertz CT molecular complexity index is 708. The van der Waals surface area contributed by atoms with Gasteiger partial charge in [0.05, 0.1) is 0 Å². The van der Waals surface area contributed by atoms with E-state index in [1.165, 1.54) is 16.7 Å². The fourth-order valence-electron chi connectivity index (χ4n) is 3.17. The number of carboxylic acid groups (broad SMARTS) is 1. The number of ether oxygens (including phenoxy) is 1. The topological polar surface area (TPSA) is 95.9 Å². The lowest BCUT2D eigenvalue weighted by molar-refractivity contribution is -0.161. The molecular weight excluding hydrogens is 344 g/mol. The number of fused-ring (bicyclic) bond motifs is 1. The Balaban J connectivity index is 1.64. The van der Waals surface area contributed by atoms with E-state index >= 15 is 0 Å². The van der Waals surface area contributed by atoms with Gasteiger partial charge >= 0.3 is 5.97 Å². The average molecular weight is 364 g/mol. The molecule has 0 spiro atoms. The van der Waals surface area contributed by atoms with Crippen LogP contribution in [0, 0.1) is 0 Å². The molecule has 0 saturated carbocycles. The van der Waals surface area contributed by atoms with Crippen LogP contribution in [-0.2, 0) is 14.4 Å². The molecule has 0 unspecified atom stereocenters. The van der Waals surface area contributed by atoms with Gasteiger partial charge in [-0.1, -0.05) is 18.2 Å². The minimum atomic E-state index is -1.03. The number of rotatable bonds is 5. The number of carboxylic acids is 1. The maximum atomic E-state index is 12.4. The predicted octanol–water partition coefficient (Wildman–Crippen LogP) is 1.09. The van der Waals surface area contributed by atoms with Gasteiger partial charge in [-0.3, -0.25) is 9.59 Å². The quantitative estimate of drug-likeness (QED) is 0.759. The first-order chi connectivity index (χ1) is 11.7. The molecule has 0 aliphatic carbocycles. The summed E-state index contributed by atoms with van der Waals surface area (Å²) in [4.78, 5) is 37.5. The van der Waals surface area contributed by atoms with Gasteiger partial charge in [-0.05, 0) is 32.9 Å².